The summed E-state index contributed by atoms with van der Waals surface area (Å²) in [6, 6.07) is 9.96. The van der Waals surface area contributed by atoms with Crippen molar-refractivity contribution < 1.29 is 0 Å². The molecule has 1 saturated carbocycles. The molecule has 3 fully saturated rings. The summed E-state index contributed by atoms with van der Waals surface area (Å²) >= 11 is 0. The molecular formula is C24H37N5. The van der Waals surface area contributed by atoms with Crippen LogP contribution in [0.15, 0.2) is 36.5 Å². The minimum Gasteiger partial charge on any atom is -0.369 e. The van der Waals surface area contributed by atoms with Crippen molar-refractivity contribution in [2.75, 3.05) is 62.3 Å². The van der Waals surface area contributed by atoms with Crippen molar-refractivity contribution >= 4 is 11.4 Å². The van der Waals surface area contributed by atoms with Crippen molar-refractivity contribution in [3.05, 3.63) is 36.5 Å². The highest BCUT2D eigenvalue weighted by atomic mass is 15.3. The van der Waals surface area contributed by atoms with Crippen LogP contribution in [0.2, 0.25) is 0 Å². The Morgan fingerprint density at radius 2 is 1.48 bits per heavy atom. The molecular weight excluding hydrogens is 358 g/mol. The summed E-state index contributed by atoms with van der Waals surface area (Å²) in [5.41, 5.74) is 3.33. The molecule has 0 unspecified atom stereocenters. The van der Waals surface area contributed by atoms with Gasteiger partial charge in [0.15, 0.2) is 0 Å². The zero-order valence-corrected chi connectivity index (χ0v) is 17.8. The molecule has 1 aliphatic carbocycles. The molecule has 2 N–H and O–H groups in total. The van der Waals surface area contributed by atoms with Gasteiger partial charge < -0.3 is 15.1 Å². The van der Waals surface area contributed by atoms with Gasteiger partial charge in [0, 0.05) is 56.3 Å². The summed E-state index contributed by atoms with van der Waals surface area (Å²) in [6.45, 7) is 9.12. The molecule has 3 heterocycles. The summed E-state index contributed by atoms with van der Waals surface area (Å²) in [5.74, 6) is 0. The van der Waals surface area contributed by atoms with Crippen LogP contribution in [-0.2, 0) is 0 Å². The van der Waals surface area contributed by atoms with E-state index in [1.165, 1.54) is 76.1 Å². The van der Waals surface area contributed by atoms with Crippen LogP contribution in [0.3, 0.4) is 0 Å². The van der Waals surface area contributed by atoms with Crippen molar-refractivity contribution in [1.29, 1.82) is 0 Å². The van der Waals surface area contributed by atoms with Crippen LogP contribution in [0.4, 0.5) is 11.4 Å². The monoisotopic (exact) mass is 395 g/mol. The van der Waals surface area contributed by atoms with Gasteiger partial charge in [-0.3, -0.25) is 10.2 Å². The minimum atomic E-state index is 0.685. The number of hydrogen-bond acceptors (Lipinski definition) is 5. The van der Waals surface area contributed by atoms with E-state index in [2.05, 4.69) is 61.9 Å². The molecule has 4 aliphatic rings. The van der Waals surface area contributed by atoms with Crippen molar-refractivity contribution in [2.45, 2.75) is 44.6 Å². The fraction of sp³-hybridized carbons (Fsp3) is 0.667. The maximum Gasteiger partial charge on any atom is 0.0728 e. The van der Waals surface area contributed by atoms with Gasteiger partial charge in [0.05, 0.1) is 6.67 Å². The minimum absolute atomic E-state index is 0.685. The van der Waals surface area contributed by atoms with Gasteiger partial charge in [0.2, 0.25) is 0 Å². The summed E-state index contributed by atoms with van der Waals surface area (Å²) in [5, 5.41) is 6.93. The van der Waals surface area contributed by atoms with Crippen LogP contribution in [-0.4, -0.2) is 63.4 Å². The highest BCUT2D eigenvalue weighted by molar-refractivity contribution is 5.58. The summed E-state index contributed by atoms with van der Waals surface area (Å²) in [6.07, 6.45) is 12.9. The summed E-state index contributed by atoms with van der Waals surface area (Å²) < 4.78 is 0. The molecule has 0 radical (unpaired) electrons. The van der Waals surface area contributed by atoms with Gasteiger partial charge in [0.25, 0.3) is 0 Å². The molecule has 5 heteroatoms. The fourth-order valence-corrected chi connectivity index (χ4v) is 5.92. The number of piperazine rings is 1. The highest BCUT2D eigenvalue weighted by Crippen LogP contribution is 2.44. The van der Waals surface area contributed by atoms with Crippen molar-refractivity contribution in [3.63, 3.8) is 0 Å². The Hall–Kier alpha value is -1.56. The van der Waals surface area contributed by atoms with Gasteiger partial charge in [-0.25, -0.2) is 0 Å². The Morgan fingerprint density at radius 3 is 2.14 bits per heavy atom. The lowest BCUT2D eigenvalue weighted by Gasteiger charge is -2.47. The average molecular weight is 396 g/mol. The van der Waals surface area contributed by atoms with E-state index in [1.807, 2.05) is 0 Å². The SMILES string of the molecule is C1=CN(c2ccc(N3CCN(C4CCC5(CCNCC5)CC4)CC3)cc2)CNC1. The Kier molecular flexibility index (Phi) is 5.80. The third kappa shape index (κ3) is 4.32. The lowest BCUT2D eigenvalue weighted by Crippen LogP contribution is -2.52. The zero-order valence-electron chi connectivity index (χ0n) is 17.8. The first-order chi connectivity index (χ1) is 14.3. The second kappa shape index (κ2) is 8.66. The second-order valence-electron chi connectivity index (χ2n) is 9.49. The average Bonchev–Trinajstić information content (AvgIpc) is 2.81. The van der Waals surface area contributed by atoms with Gasteiger partial charge in [-0.1, -0.05) is 6.08 Å². The molecule has 158 valence electrons. The molecule has 0 atom stereocenters. The van der Waals surface area contributed by atoms with Crippen molar-refractivity contribution in [1.82, 2.24) is 15.5 Å². The highest BCUT2D eigenvalue weighted by Gasteiger charge is 2.38. The predicted octanol–water partition coefficient (Wildman–Crippen LogP) is 3.00. The Bertz CT molecular complexity index is 676. The van der Waals surface area contributed by atoms with E-state index in [4.69, 9.17) is 0 Å². The van der Waals surface area contributed by atoms with Gasteiger partial charge in [0.1, 0.15) is 0 Å². The third-order valence-corrected chi connectivity index (χ3v) is 7.89. The van der Waals surface area contributed by atoms with Gasteiger partial charge in [-0.05, 0) is 81.3 Å². The number of nitrogens with zero attached hydrogens (tertiary/aromatic N) is 3. The molecule has 0 amide bonds. The molecule has 1 spiro atoms. The molecule has 3 aliphatic heterocycles. The standard InChI is InChI=1S/C24H37N5/c1-12-26-20-29(15-1)22-4-2-21(3-5-22)27-16-18-28(19-17-27)23-6-8-24(9-7-23)10-13-25-14-11-24/h1-5,15,23,25-26H,6-14,16-20H2. The quantitative estimate of drug-likeness (QED) is 0.822. The molecule has 1 aromatic carbocycles. The normalized spacial score (nSPS) is 26.2. The smallest absolute Gasteiger partial charge is 0.0728 e. The lowest BCUT2D eigenvalue weighted by atomic mass is 9.67. The first-order valence-electron chi connectivity index (χ1n) is 11.8. The van der Waals surface area contributed by atoms with E-state index in [-0.39, 0.29) is 0 Å². The molecule has 0 aromatic heterocycles. The second-order valence-corrected chi connectivity index (χ2v) is 9.49. The Labute approximate surface area is 176 Å². The van der Waals surface area contributed by atoms with E-state index in [0.717, 1.165) is 32.3 Å². The number of hydrogen-bond donors (Lipinski definition) is 2. The summed E-state index contributed by atoms with van der Waals surface area (Å²) in [7, 11) is 0. The van der Waals surface area contributed by atoms with E-state index in [0.29, 0.717) is 5.41 Å². The molecule has 2 saturated heterocycles. The predicted molar refractivity (Wildman–Crippen MR) is 122 cm³/mol. The molecule has 0 bridgehead atoms. The first-order valence-corrected chi connectivity index (χ1v) is 11.8. The summed E-state index contributed by atoms with van der Waals surface area (Å²) in [4.78, 5) is 7.63. The largest absolute Gasteiger partial charge is 0.369 e. The molecule has 5 nitrogen and oxygen atoms in total. The fourth-order valence-electron chi connectivity index (χ4n) is 5.92. The van der Waals surface area contributed by atoms with Gasteiger partial charge in [-0.15, -0.1) is 0 Å². The van der Waals surface area contributed by atoms with E-state index >= 15 is 0 Å². The van der Waals surface area contributed by atoms with Crippen LogP contribution >= 0.6 is 0 Å². The van der Waals surface area contributed by atoms with E-state index in [1.54, 1.807) is 0 Å². The van der Waals surface area contributed by atoms with Crippen LogP contribution in [0.1, 0.15) is 38.5 Å². The van der Waals surface area contributed by atoms with Crippen LogP contribution in [0.25, 0.3) is 0 Å². The van der Waals surface area contributed by atoms with Crippen LogP contribution in [0, 0.1) is 5.41 Å². The Balaban J connectivity index is 1.12. The van der Waals surface area contributed by atoms with Crippen molar-refractivity contribution in [2.24, 2.45) is 5.41 Å². The number of benzene rings is 1. The molecule has 29 heavy (non-hydrogen) atoms. The molecule has 1 aromatic rings. The first kappa shape index (κ1) is 19.4. The number of anilines is 2. The van der Waals surface area contributed by atoms with Crippen molar-refractivity contribution in [3.8, 4) is 0 Å². The van der Waals surface area contributed by atoms with Crippen LogP contribution < -0.4 is 20.4 Å². The van der Waals surface area contributed by atoms with E-state index < -0.39 is 0 Å². The number of rotatable bonds is 3. The van der Waals surface area contributed by atoms with Gasteiger partial charge >= 0.3 is 0 Å². The maximum atomic E-state index is 3.55. The van der Waals surface area contributed by atoms with Crippen LogP contribution in [0.5, 0.6) is 0 Å². The molecule has 5 rings (SSSR count). The van der Waals surface area contributed by atoms with E-state index in [9.17, 15) is 0 Å². The Morgan fingerprint density at radius 1 is 0.793 bits per heavy atom. The number of piperidine rings is 1. The van der Waals surface area contributed by atoms with Gasteiger partial charge in [-0.2, -0.15) is 0 Å². The third-order valence-electron chi connectivity index (χ3n) is 7.89. The zero-order chi connectivity index (χ0) is 19.5. The topological polar surface area (TPSA) is 33.8 Å². The number of nitrogens with one attached hydrogen (secondary N) is 2. The maximum absolute atomic E-state index is 3.55. The lowest BCUT2D eigenvalue weighted by molar-refractivity contribution is 0.0627.